The maximum Gasteiger partial charge on any atom is 0.304 e. The minimum Gasteiger partial charge on any atom is -0.425 e. The van der Waals surface area contributed by atoms with E-state index in [0.29, 0.717) is 25.6 Å². The van der Waals surface area contributed by atoms with E-state index in [1.165, 1.54) is 6.07 Å². The van der Waals surface area contributed by atoms with Gasteiger partial charge in [0.25, 0.3) is 11.5 Å². The number of anilines is 1. The third-order valence-electron chi connectivity index (χ3n) is 4.52. The SMILES string of the molecule is CC#CCn1c(N(CCC)CCN)nc2nc(Oc3ccccc3C(N)=O)[nH]c(=O)c21. The first-order chi connectivity index (χ1) is 15.0. The van der Waals surface area contributed by atoms with Crippen molar-refractivity contribution in [3.63, 3.8) is 0 Å². The number of rotatable bonds is 9. The number of hydrogen-bond donors (Lipinski definition) is 3. The van der Waals surface area contributed by atoms with Crippen LogP contribution < -0.4 is 26.7 Å². The smallest absolute Gasteiger partial charge is 0.304 e. The van der Waals surface area contributed by atoms with Crippen LogP contribution in [-0.4, -0.2) is 45.1 Å². The average Bonchev–Trinajstić information content (AvgIpc) is 3.11. The van der Waals surface area contributed by atoms with Gasteiger partial charge in [-0.1, -0.05) is 25.0 Å². The molecule has 0 spiro atoms. The lowest BCUT2D eigenvalue weighted by Gasteiger charge is -2.22. The minimum atomic E-state index is -0.652. The van der Waals surface area contributed by atoms with Crippen LogP contribution in [0.25, 0.3) is 11.2 Å². The van der Waals surface area contributed by atoms with Gasteiger partial charge in [0.1, 0.15) is 5.75 Å². The lowest BCUT2D eigenvalue weighted by Crippen LogP contribution is -2.32. The third-order valence-corrected chi connectivity index (χ3v) is 4.52. The van der Waals surface area contributed by atoms with Crippen molar-refractivity contribution in [1.82, 2.24) is 19.5 Å². The molecule has 2 heterocycles. The molecule has 2 aromatic heterocycles. The van der Waals surface area contributed by atoms with Gasteiger partial charge in [0, 0.05) is 19.6 Å². The number of H-pyrrole nitrogens is 1. The van der Waals surface area contributed by atoms with Gasteiger partial charge in [-0.2, -0.15) is 9.97 Å². The molecule has 0 fully saturated rings. The number of nitrogens with one attached hydrogen (secondary N) is 1. The molecule has 0 unspecified atom stereocenters. The molecule has 31 heavy (non-hydrogen) atoms. The molecule has 3 rings (SSSR count). The fraction of sp³-hybridized carbons (Fsp3) is 0.333. The fourth-order valence-electron chi connectivity index (χ4n) is 3.21. The van der Waals surface area contributed by atoms with Gasteiger partial charge in [-0.05, 0) is 25.5 Å². The molecule has 10 nitrogen and oxygen atoms in total. The van der Waals surface area contributed by atoms with E-state index in [1.807, 2.05) is 4.90 Å². The predicted octanol–water partition coefficient (Wildman–Crippen LogP) is 1.21. The second-order valence-electron chi connectivity index (χ2n) is 6.71. The van der Waals surface area contributed by atoms with Crippen LogP contribution in [-0.2, 0) is 6.54 Å². The number of carbonyl (C=O) groups excluding carboxylic acids is 1. The summed E-state index contributed by atoms with van der Waals surface area (Å²) in [4.78, 5) is 38.1. The number of imidazole rings is 1. The molecule has 1 aromatic carbocycles. The van der Waals surface area contributed by atoms with E-state index in [9.17, 15) is 9.59 Å². The Morgan fingerprint density at radius 3 is 2.74 bits per heavy atom. The minimum absolute atomic E-state index is 0.0927. The summed E-state index contributed by atoms with van der Waals surface area (Å²) in [5.74, 6) is 5.91. The van der Waals surface area contributed by atoms with Crippen LogP contribution in [0.1, 0.15) is 30.6 Å². The van der Waals surface area contributed by atoms with E-state index >= 15 is 0 Å². The predicted molar refractivity (Wildman–Crippen MR) is 118 cm³/mol. The summed E-state index contributed by atoms with van der Waals surface area (Å²) in [6, 6.07) is 6.35. The van der Waals surface area contributed by atoms with Gasteiger partial charge in [0.2, 0.25) is 5.95 Å². The highest BCUT2D eigenvalue weighted by Crippen LogP contribution is 2.24. The Morgan fingerprint density at radius 1 is 1.29 bits per heavy atom. The molecule has 0 aliphatic carbocycles. The first-order valence-corrected chi connectivity index (χ1v) is 9.92. The number of nitrogens with zero attached hydrogens (tertiary/aromatic N) is 4. The highest BCUT2D eigenvalue weighted by atomic mass is 16.5. The highest BCUT2D eigenvalue weighted by molar-refractivity contribution is 5.95. The zero-order chi connectivity index (χ0) is 22.4. The van der Waals surface area contributed by atoms with Crippen molar-refractivity contribution in [3.05, 3.63) is 40.2 Å². The van der Waals surface area contributed by atoms with E-state index in [-0.39, 0.29) is 35.0 Å². The number of carbonyl (C=O) groups is 1. The average molecular weight is 423 g/mol. The Balaban J connectivity index is 2.12. The van der Waals surface area contributed by atoms with E-state index in [0.717, 1.165) is 6.42 Å². The second-order valence-corrected chi connectivity index (χ2v) is 6.71. The molecular formula is C21H25N7O3. The fourth-order valence-corrected chi connectivity index (χ4v) is 3.21. The molecule has 0 aliphatic heterocycles. The Hall–Kier alpha value is -3.84. The Bertz CT molecular complexity index is 1200. The van der Waals surface area contributed by atoms with Crippen molar-refractivity contribution in [2.75, 3.05) is 24.5 Å². The number of aromatic nitrogens is 4. The molecule has 0 radical (unpaired) electrons. The lowest BCUT2D eigenvalue weighted by molar-refractivity contribution is 0.0998. The standard InChI is InChI=1S/C21H25N7O3/c1-3-5-12-28-16-18(25-21(28)27(11-4-2)13-10-22)24-20(26-19(16)30)31-15-9-7-6-8-14(15)17(23)29/h6-9H,4,10-13,22H2,1-2H3,(H2,23,29)(H,24,26,30). The van der Waals surface area contributed by atoms with Crippen LogP contribution in [0.15, 0.2) is 29.1 Å². The van der Waals surface area contributed by atoms with Gasteiger partial charge < -0.3 is 21.1 Å². The Labute approximate surface area is 179 Å². The lowest BCUT2D eigenvalue weighted by atomic mass is 10.2. The molecule has 0 aliphatic rings. The van der Waals surface area contributed by atoms with Gasteiger partial charge in [-0.15, -0.1) is 5.92 Å². The van der Waals surface area contributed by atoms with Crippen molar-refractivity contribution >= 4 is 23.0 Å². The van der Waals surface area contributed by atoms with Crippen LogP contribution in [0.5, 0.6) is 11.8 Å². The summed E-state index contributed by atoms with van der Waals surface area (Å²) in [6.45, 7) is 5.78. The summed E-state index contributed by atoms with van der Waals surface area (Å²) in [6.07, 6.45) is 0.880. The van der Waals surface area contributed by atoms with Crippen molar-refractivity contribution < 1.29 is 9.53 Å². The molecular weight excluding hydrogens is 398 g/mol. The van der Waals surface area contributed by atoms with Gasteiger partial charge in [0.05, 0.1) is 12.1 Å². The molecule has 3 aromatic rings. The van der Waals surface area contributed by atoms with Gasteiger partial charge in [-0.3, -0.25) is 19.1 Å². The molecule has 0 saturated carbocycles. The number of hydrogen-bond acceptors (Lipinski definition) is 7. The Kier molecular flexibility index (Phi) is 6.89. The van der Waals surface area contributed by atoms with Gasteiger partial charge in [0.15, 0.2) is 11.2 Å². The monoisotopic (exact) mass is 423 g/mol. The van der Waals surface area contributed by atoms with Gasteiger partial charge >= 0.3 is 6.01 Å². The quantitative estimate of drug-likeness (QED) is 0.439. The van der Waals surface area contributed by atoms with Crippen molar-refractivity contribution in [3.8, 4) is 23.6 Å². The molecule has 0 atom stereocenters. The Morgan fingerprint density at radius 2 is 2.06 bits per heavy atom. The number of fused-ring (bicyclic) bond motifs is 1. The van der Waals surface area contributed by atoms with Crippen LogP contribution in [0.4, 0.5) is 5.95 Å². The van der Waals surface area contributed by atoms with Crippen molar-refractivity contribution in [2.24, 2.45) is 11.5 Å². The first kappa shape index (κ1) is 21.9. The van der Waals surface area contributed by atoms with Crippen molar-refractivity contribution in [1.29, 1.82) is 0 Å². The number of nitrogens with two attached hydrogens (primary N) is 2. The zero-order valence-electron chi connectivity index (χ0n) is 17.5. The van der Waals surface area contributed by atoms with E-state index in [1.54, 1.807) is 29.7 Å². The number of para-hydroxylation sites is 1. The maximum atomic E-state index is 12.9. The molecule has 0 bridgehead atoms. The van der Waals surface area contributed by atoms with E-state index in [2.05, 4.69) is 33.7 Å². The van der Waals surface area contributed by atoms with Crippen LogP contribution in [0.2, 0.25) is 0 Å². The topological polar surface area (TPSA) is 145 Å². The van der Waals surface area contributed by atoms with E-state index < -0.39 is 11.5 Å². The van der Waals surface area contributed by atoms with E-state index in [4.69, 9.17) is 16.2 Å². The van der Waals surface area contributed by atoms with Crippen molar-refractivity contribution in [2.45, 2.75) is 26.8 Å². The van der Waals surface area contributed by atoms with Gasteiger partial charge in [-0.25, -0.2) is 0 Å². The third kappa shape index (κ3) is 4.67. The summed E-state index contributed by atoms with van der Waals surface area (Å²) in [5, 5.41) is 0. The second kappa shape index (κ2) is 9.77. The highest BCUT2D eigenvalue weighted by Gasteiger charge is 2.21. The number of primary amides is 1. The number of amides is 1. The summed E-state index contributed by atoms with van der Waals surface area (Å²) < 4.78 is 7.39. The maximum absolute atomic E-state index is 12.9. The molecule has 5 N–H and O–H groups in total. The first-order valence-electron chi connectivity index (χ1n) is 9.92. The number of benzene rings is 1. The number of ether oxygens (including phenoxy) is 1. The van der Waals surface area contributed by atoms with Crippen LogP contribution in [0, 0.1) is 11.8 Å². The van der Waals surface area contributed by atoms with Crippen LogP contribution >= 0.6 is 0 Å². The number of aromatic amines is 1. The molecule has 10 heteroatoms. The molecule has 1 amide bonds. The molecule has 0 saturated heterocycles. The summed E-state index contributed by atoms with van der Waals surface area (Å²) >= 11 is 0. The summed E-state index contributed by atoms with van der Waals surface area (Å²) in [7, 11) is 0. The molecule has 162 valence electrons. The van der Waals surface area contributed by atoms with Crippen LogP contribution in [0.3, 0.4) is 0 Å². The zero-order valence-corrected chi connectivity index (χ0v) is 17.5. The normalized spacial score (nSPS) is 10.5. The largest absolute Gasteiger partial charge is 0.425 e. The summed E-state index contributed by atoms with van der Waals surface area (Å²) in [5.41, 5.74) is 11.4.